The molecule has 0 saturated heterocycles. The van der Waals surface area contributed by atoms with Gasteiger partial charge in [0.15, 0.2) is 5.17 Å². The molecular formula is C17H24N2OS. The van der Waals surface area contributed by atoms with Crippen LogP contribution in [0.3, 0.4) is 0 Å². The first-order valence-electron chi connectivity index (χ1n) is 7.89. The summed E-state index contributed by atoms with van der Waals surface area (Å²) in [6.45, 7) is 4.92. The lowest BCUT2D eigenvalue weighted by atomic mass is 9.92. The number of thioether (sulfide) groups is 1. The molecule has 1 aromatic carbocycles. The summed E-state index contributed by atoms with van der Waals surface area (Å²) >= 11 is 1.79. The predicted molar refractivity (Wildman–Crippen MR) is 90.5 cm³/mol. The molecule has 1 saturated carbocycles. The molecule has 1 heterocycles. The largest absolute Gasteiger partial charge is 0.492 e. The molecule has 1 fully saturated rings. The van der Waals surface area contributed by atoms with Gasteiger partial charge in [-0.15, -0.1) is 0 Å². The summed E-state index contributed by atoms with van der Waals surface area (Å²) in [7, 11) is 0. The van der Waals surface area contributed by atoms with Crippen LogP contribution in [-0.2, 0) is 0 Å². The Morgan fingerprint density at radius 1 is 1.29 bits per heavy atom. The molecule has 1 aromatic rings. The van der Waals surface area contributed by atoms with Crippen LogP contribution in [0.15, 0.2) is 23.2 Å². The van der Waals surface area contributed by atoms with E-state index in [2.05, 4.69) is 37.4 Å². The Morgan fingerprint density at radius 3 is 3.00 bits per heavy atom. The van der Waals surface area contributed by atoms with Crippen LogP contribution in [0, 0.1) is 13.8 Å². The van der Waals surface area contributed by atoms with Crippen molar-refractivity contribution in [3.8, 4) is 5.75 Å². The second-order valence-corrected chi connectivity index (χ2v) is 7.09. The Bertz CT molecular complexity index is 530. The zero-order valence-corrected chi connectivity index (χ0v) is 13.7. The number of nitrogens with one attached hydrogen (secondary N) is 1. The number of aryl methyl sites for hydroxylation is 2. The van der Waals surface area contributed by atoms with E-state index in [-0.39, 0.29) is 0 Å². The van der Waals surface area contributed by atoms with Crippen LogP contribution in [0.1, 0.15) is 36.8 Å². The number of fused-ring (bicyclic) bond motifs is 1. The zero-order chi connectivity index (χ0) is 14.7. The van der Waals surface area contributed by atoms with Gasteiger partial charge < -0.3 is 10.1 Å². The number of hydrogen-bond acceptors (Lipinski definition) is 4. The van der Waals surface area contributed by atoms with Crippen molar-refractivity contribution in [3.63, 3.8) is 0 Å². The van der Waals surface area contributed by atoms with E-state index in [9.17, 15) is 0 Å². The average molecular weight is 304 g/mol. The van der Waals surface area contributed by atoms with E-state index in [1.54, 1.807) is 11.8 Å². The second-order valence-electron chi connectivity index (χ2n) is 6.00. The number of hydrogen-bond donors (Lipinski definition) is 1. The molecule has 0 amide bonds. The monoisotopic (exact) mass is 304 g/mol. The molecule has 21 heavy (non-hydrogen) atoms. The van der Waals surface area contributed by atoms with E-state index in [0.717, 1.165) is 23.3 Å². The van der Waals surface area contributed by atoms with Gasteiger partial charge in [0, 0.05) is 5.75 Å². The minimum absolute atomic E-state index is 0.529. The number of amidine groups is 1. The van der Waals surface area contributed by atoms with Crippen LogP contribution in [0.4, 0.5) is 0 Å². The van der Waals surface area contributed by atoms with Gasteiger partial charge in [-0.05, 0) is 43.9 Å². The minimum Gasteiger partial charge on any atom is -0.492 e. The van der Waals surface area contributed by atoms with Gasteiger partial charge in [-0.2, -0.15) is 0 Å². The molecule has 0 radical (unpaired) electrons. The molecule has 1 aliphatic heterocycles. The van der Waals surface area contributed by atoms with Crippen molar-refractivity contribution >= 4 is 16.9 Å². The van der Waals surface area contributed by atoms with Crippen molar-refractivity contribution in [2.24, 2.45) is 4.99 Å². The van der Waals surface area contributed by atoms with Crippen molar-refractivity contribution in [3.05, 3.63) is 29.3 Å². The lowest BCUT2D eigenvalue weighted by Crippen LogP contribution is -2.36. The van der Waals surface area contributed by atoms with Crippen molar-refractivity contribution in [2.45, 2.75) is 51.6 Å². The maximum atomic E-state index is 5.89. The number of ether oxygens (including phenoxy) is 1. The number of nitrogens with zero attached hydrogens (tertiary/aromatic N) is 1. The third kappa shape index (κ3) is 3.73. The molecule has 114 valence electrons. The summed E-state index contributed by atoms with van der Waals surface area (Å²) in [5.41, 5.74) is 2.45. The highest BCUT2D eigenvalue weighted by atomic mass is 32.2. The van der Waals surface area contributed by atoms with E-state index in [4.69, 9.17) is 9.73 Å². The lowest BCUT2D eigenvalue weighted by molar-refractivity contribution is 0.341. The van der Waals surface area contributed by atoms with E-state index in [1.807, 2.05) is 0 Å². The molecule has 0 spiro atoms. The highest BCUT2D eigenvalue weighted by Gasteiger charge is 2.30. The van der Waals surface area contributed by atoms with Gasteiger partial charge >= 0.3 is 0 Å². The maximum absolute atomic E-state index is 5.89. The molecule has 1 aliphatic carbocycles. The molecule has 2 aliphatic rings. The Morgan fingerprint density at radius 2 is 2.14 bits per heavy atom. The molecule has 3 nitrogen and oxygen atoms in total. The molecule has 3 rings (SSSR count). The second kappa shape index (κ2) is 6.73. The van der Waals surface area contributed by atoms with Gasteiger partial charge in [0.2, 0.25) is 0 Å². The van der Waals surface area contributed by atoms with Gasteiger partial charge in [0.25, 0.3) is 0 Å². The van der Waals surface area contributed by atoms with E-state index in [1.165, 1.54) is 36.8 Å². The lowest BCUT2D eigenvalue weighted by Gasteiger charge is -2.23. The number of rotatable bonds is 4. The maximum Gasteiger partial charge on any atom is 0.157 e. The molecule has 4 heteroatoms. The Hall–Kier alpha value is -1.16. The average Bonchev–Trinajstić information content (AvgIpc) is 2.89. The van der Waals surface area contributed by atoms with Gasteiger partial charge in [-0.1, -0.05) is 36.7 Å². The van der Waals surface area contributed by atoms with Gasteiger partial charge in [-0.25, -0.2) is 0 Å². The summed E-state index contributed by atoms with van der Waals surface area (Å²) in [6, 6.07) is 7.48. The van der Waals surface area contributed by atoms with Crippen LogP contribution in [0.5, 0.6) is 5.75 Å². The molecule has 0 bridgehead atoms. The molecule has 1 N–H and O–H groups in total. The topological polar surface area (TPSA) is 33.6 Å². The smallest absolute Gasteiger partial charge is 0.157 e. The summed E-state index contributed by atoms with van der Waals surface area (Å²) in [4.78, 5) is 4.80. The zero-order valence-electron chi connectivity index (χ0n) is 12.9. The van der Waals surface area contributed by atoms with E-state index < -0.39 is 0 Å². The molecule has 0 aromatic heterocycles. The normalized spacial score (nSPS) is 24.2. The van der Waals surface area contributed by atoms with Gasteiger partial charge in [-0.3, -0.25) is 4.99 Å². The molecular weight excluding hydrogens is 280 g/mol. The quantitative estimate of drug-likeness (QED) is 0.861. The Labute approximate surface area is 131 Å². The number of aliphatic imine (C=N–C) groups is 1. The van der Waals surface area contributed by atoms with Crippen molar-refractivity contribution < 1.29 is 4.74 Å². The number of benzene rings is 1. The fourth-order valence-corrected chi connectivity index (χ4v) is 3.82. The summed E-state index contributed by atoms with van der Waals surface area (Å²) in [6.07, 6.45) is 5.20. The van der Waals surface area contributed by atoms with Gasteiger partial charge in [0.1, 0.15) is 5.75 Å². The van der Waals surface area contributed by atoms with Crippen molar-refractivity contribution in [1.29, 1.82) is 0 Å². The summed E-state index contributed by atoms with van der Waals surface area (Å²) < 4.78 is 5.89. The van der Waals surface area contributed by atoms with Crippen molar-refractivity contribution in [1.82, 2.24) is 5.32 Å². The van der Waals surface area contributed by atoms with Gasteiger partial charge in [0.05, 0.1) is 18.7 Å². The summed E-state index contributed by atoms with van der Waals surface area (Å²) in [5.74, 6) is 1.95. The van der Waals surface area contributed by atoms with Crippen LogP contribution >= 0.6 is 11.8 Å². The Kier molecular flexibility index (Phi) is 4.73. The standard InChI is InChI=1S/C17H24N2OS/c1-12-7-8-13(2)16(11-12)20-9-10-21-17-18-14-5-3-4-6-15(14)19-17/h7-8,11,14-15H,3-6,9-10H2,1-2H3,(H,18,19)/t14-,15-/m0/s1. The predicted octanol–water partition coefficient (Wildman–Crippen LogP) is 3.69. The first-order valence-corrected chi connectivity index (χ1v) is 8.88. The van der Waals surface area contributed by atoms with Crippen LogP contribution in [0.2, 0.25) is 0 Å². The van der Waals surface area contributed by atoms with E-state index >= 15 is 0 Å². The molecule has 0 unspecified atom stereocenters. The first-order chi connectivity index (χ1) is 10.2. The molecule has 2 atom stereocenters. The third-order valence-corrected chi connectivity index (χ3v) is 5.11. The minimum atomic E-state index is 0.529. The van der Waals surface area contributed by atoms with Crippen LogP contribution in [-0.4, -0.2) is 29.6 Å². The first kappa shape index (κ1) is 14.8. The Balaban J connectivity index is 1.43. The summed E-state index contributed by atoms with van der Waals surface area (Å²) in [5, 5.41) is 4.69. The van der Waals surface area contributed by atoms with Crippen LogP contribution < -0.4 is 10.1 Å². The third-order valence-electron chi connectivity index (χ3n) is 4.24. The fraction of sp³-hybridized carbons (Fsp3) is 0.588. The highest BCUT2D eigenvalue weighted by Crippen LogP contribution is 2.27. The van der Waals surface area contributed by atoms with Crippen molar-refractivity contribution in [2.75, 3.05) is 12.4 Å². The SMILES string of the molecule is Cc1ccc(C)c(OCCSC2=N[C@H]3CCCC[C@@H]3N2)c1. The van der Waals surface area contributed by atoms with Crippen LogP contribution in [0.25, 0.3) is 0 Å². The van der Waals surface area contributed by atoms with E-state index in [0.29, 0.717) is 12.1 Å². The highest BCUT2D eigenvalue weighted by molar-refractivity contribution is 8.13. The fourth-order valence-electron chi connectivity index (χ4n) is 3.01.